The number of rotatable bonds is 3. The molecule has 0 aliphatic carbocycles. The molecule has 17 heavy (non-hydrogen) atoms. The van der Waals surface area contributed by atoms with Crippen LogP contribution in [0.5, 0.6) is 11.5 Å². The number of hydrogen-bond donors (Lipinski definition) is 4. The standard InChI is InChI=1S/C11H11NO5/c1-6(13)12-8(5-11(16)17)7-2-3-9(14)10(15)4-7/h2-5,14-15H,1H3,(H,12,13)(H,16,17). The van der Waals surface area contributed by atoms with E-state index in [1.54, 1.807) is 0 Å². The van der Waals surface area contributed by atoms with E-state index in [1.165, 1.54) is 19.1 Å². The van der Waals surface area contributed by atoms with E-state index in [0.29, 0.717) is 0 Å². The predicted octanol–water partition coefficient (Wildman–Crippen LogP) is 0.659. The van der Waals surface area contributed by atoms with Gasteiger partial charge in [-0.1, -0.05) is 0 Å². The van der Waals surface area contributed by atoms with Gasteiger partial charge in [0.25, 0.3) is 0 Å². The van der Waals surface area contributed by atoms with Gasteiger partial charge in [-0.3, -0.25) is 4.79 Å². The summed E-state index contributed by atoms with van der Waals surface area (Å²) in [5.41, 5.74) is 0.304. The van der Waals surface area contributed by atoms with E-state index in [1.807, 2.05) is 0 Å². The number of hydrogen-bond acceptors (Lipinski definition) is 4. The van der Waals surface area contributed by atoms with Gasteiger partial charge in [-0.05, 0) is 18.2 Å². The average molecular weight is 237 g/mol. The van der Waals surface area contributed by atoms with E-state index in [0.717, 1.165) is 12.1 Å². The third kappa shape index (κ3) is 3.53. The molecular formula is C11H11NO5. The van der Waals surface area contributed by atoms with Crippen molar-refractivity contribution in [3.63, 3.8) is 0 Å². The summed E-state index contributed by atoms with van der Waals surface area (Å²) >= 11 is 0. The van der Waals surface area contributed by atoms with Crippen molar-refractivity contribution in [1.29, 1.82) is 0 Å². The van der Waals surface area contributed by atoms with Gasteiger partial charge < -0.3 is 20.6 Å². The number of amides is 1. The molecule has 1 amide bonds. The molecule has 0 atom stereocenters. The van der Waals surface area contributed by atoms with Crippen molar-refractivity contribution >= 4 is 17.6 Å². The molecule has 0 aliphatic heterocycles. The summed E-state index contributed by atoms with van der Waals surface area (Å²) in [5.74, 6) is -2.40. The summed E-state index contributed by atoms with van der Waals surface area (Å²) in [4.78, 5) is 21.5. The minimum absolute atomic E-state index is 0.0281. The van der Waals surface area contributed by atoms with Gasteiger partial charge in [0.15, 0.2) is 11.5 Å². The zero-order chi connectivity index (χ0) is 13.0. The number of carboxylic acid groups (broad SMARTS) is 1. The molecule has 0 aliphatic rings. The lowest BCUT2D eigenvalue weighted by Gasteiger charge is -2.08. The summed E-state index contributed by atoms with van der Waals surface area (Å²) in [6.07, 6.45) is 0.799. The van der Waals surface area contributed by atoms with Crippen molar-refractivity contribution in [1.82, 2.24) is 5.32 Å². The molecule has 1 aromatic carbocycles. The number of phenols is 2. The smallest absolute Gasteiger partial charge is 0.330 e. The lowest BCUT2D eigenvalue weighted by atomic mass is 10.1. The van der Waals surface area contributed by atoms with Gasteiger partial charge in [0, 0.05) is 18.6 Å². The molecular weight excluding hydrogens is 226 g/mol. The van der Waals surface area contributed by atoms with E-state index in [2.05, 4.69) is 5.32 Å². The maximum absolute atomic E-state index is 10.9. The highest BCUT2D eigenvalue weighted by Crippen LogP contribution is 2.27. The van der Waals surface area contributed by atoms with Gasteiger partial charge in [0.2, 0.25) is 5.91 Å². The zero-order valence-corrected chi connectivity index (χ0v) is 8.97. The van der Waals surface area contributed by atoms with Gasteiger partial charge in [-0.2, -0.15) is 0 Å². The Labute approximate surface area is 96.8 Å². The van der Waals surface area contributed by atoms with Crippen LogP contribution in [0, 0.1) is 0 Å². The van der Waals surface area contributed by atoms with Gasteiger partial charge in [0.1, 0.15) is 0 Å². The second kappa shape index (κ2) is 5.02. The van der Waals surface area contributed by atoms with Crippen LogP contribution in [0.4, 0.5) is 0 Å². The summed E-state index contributed by atoms with van der Waals surface area (Å²) in [6.45, 7) is 1.23. The van der Waals surface area contributed by atoms with Crippen molar-refractivity contribution in [2.45, 2.75) is 6.92 Å². The predicted molar refractivity (Wildman–Crippen MR) is 59.2 cm³/mol. The fraction of sp³-hybridized carbons (Fsp3) is 0.0909. The van der Waals surface area contributed by atoms with Crippen LogP contribution < -0.4 is 5.32 Å². The first-order valence-corrected chi connectivity index (χ1v) is 4.64. The Morgan fingerprint density at radius 1 is 1.24 bits per heavy atom. The third-order valence-corrected chi connectivity index (χ3v) is 1.86. The minimum Gasteiger partial charge on any atom is -0.504 e. The Bertz CT molecular complexity index is 493. The van der Waals surface area contributed by atoms with E-state index in [9.17, 15) is 14.7 Å². The van der Waals surface area contributed by atoms with Gasteiger partial charge in [0.05, 0.1) is 5.70 Å². The van der Waals surface area contributed by atoms with Crippen LogP contribution in [0.2, 0.25) is 0 Å². The Hall–Kier alpha value is -2.50. The minimum atomic E-state index is -1.23. The Morgan fingerprint density at radius 2 is 1.88 bits per heavy atom. The first-order chi connectivity index (χ1) is 7.90. The van der Waals surface area contributed by atoms with Crippen molar-refractivity contribution in [3.05, 3.63) is 29.8 Å². The van der Waals surface area contributed by atoms with Crippen LogP contribution in [0.1, 0.15) is 12.5 Å². The molecule has 0 radical (unpaired) electrons. The van der Waals surface area contributed by atoms with Crippen LogP contribution in [-0.4, -0.2) is 27.2 Å². The number of carbonyl (C=O) groups is 2. The molecule has 0 aromatic heterocycles. The average Bonchev–Trinajstić information content (AvgIpc) is 2.19. The highest BCUT2D eigenvalue weighted by molar-refractivity contribution is 5.94. The summed E-state index contributed by atoms with van der Waals surface area (Å²) in [7, 11) is 0. The summed E-state index contributed by atoms with van der Waals surface area (Å²) in [5, 5.41) is 29.4. The Balaban J connectivity index is 3.17. The molecule has 4 N–H and O–H groups in total. The highest BCUT2D eigenvalue weighted by atomic mass is 16.4. The lowest BCUT2D eigenvalue weighted by molar-refractivity contribution is -0.131. The van der Waals surface area contributed by atoms with Gasteiger partial charge >= 0.3 is 5.97 Å². The molecule has 0 unspecified atom stereocenters. The van der Waals surface area contributed by atoms with Crippen LogP contribution in [0.15, 0.2) is 24.3 Å². The Kier molecular flexibility index (Phi) is 3.71. The molecule has 0 saturated heterocycles. The van der Waals surface area contributed by atoms with Crippen LogP contribution in [0.3, 0.4) is 0 Å². The van der Waals surface area contributed by atoms with Crippen molar-refractivity contribution < 1.29 is 24.9 Å². The number of carbonyl (C=O) groups excluding carboxylic acids is 1. The molecule has 0 heterocycles. The molecule has 0 saturated carbocycles. The van der Waals surface area contributed by atoms with E-state index in [4.69, 9.17) is 10.2 Å². The number of aromatic hydroxyl groups is 2. The molecule has 90 valence electrons. The topological polar surface area (TPSA) is 107 Å². The van der Waals surface area contributed by atoms with Crippen LogP contribution in [-0.2, 0) is 9.59 Å². The molecule has 0 fully saturated rings. The quantitative estimate of drug-likeness (QED) is 0.456. The van der Waals surface area contributed by atoms with Crippen molar-refractivity contribution in [2.24, 2.45) is 0 Å². The normalized spacial score (nSPS) is 11.0. The van der Waals surface area contributed by atoms with Crippen molar-refractivity contribution in [2.75, 3.05) is 0 Å². The van der Waals surface area contributed by atoms with E-state index in [-0.39, 0.29) is 17.0 Å². The van der Waals surface area contributed by atoms with Crippen molar-refractivity contribution in [3.8, 4) is 11.5 Å². The second-order valence-electron chi connectivity index (χ2n) is 3.28. The fourth-order valence-electron chi connectivity index (χ4n) is 1.20. The van der Waals surface area contributed by atoms with Gasteiger partial charge in [-0.15, -0.1) is 0 Å². The second-order valence-corrected chi connectivity index (χ2v) is 3.28. The fourth-order valence-corrected chi connectivity index (χ4v) is 1.20. The molecule has 0 spiro atoms. The Morgan fingerprint density at radius 3 is 2.35 bits per heavy atom. The maximum atomic E-state index is 10.9. The van der Waals surface area contributed by atoms with E-state index < -0.39 is 17.6 Å². The number of carboxylic acids is 1. The maximum Gasteiger partial charge on any atom is 0.330 e. The molecule has 0 bridgehead atoms. The third-order valence-electron chi connectivity index (χ3n) is 1.86. The van der Waals surface area contributed by atoms with Crippen LogP contribution >= 0.6 is 0 Å². The zero-order valence-electron chi connectivity index (χ0n) is 8.97. The highest BCUT2D eigenvalue weighted by Gasteiger charge is 2.08. The summed E-state index contributed by atoms with van der Waals surface area (Å²) in [6, 6.07) is 3.72. The molecule has 1 rings (SSSR count). The van der Waals surface area contributed by atoms with Gasteiger partial charge in [-0.25, -0.2) is 4.79 Å². The lowest BCUT2D eigenvalue weighted by Crippen LogP contribution is -2.19. The SMILES string of the molecule is CC(=O)NC(=CC(=O)O)c1ccc(O)c(O)c1. The first kappa shape index (κ1) is 12.6. The summed E-state index contributed by atoms with van der Waals surface area (Å²) < 4.78 is 0. The molecule has 6 heteroatoms. The largest absolute Gasteiger partial charge is 0.504 e. The monoisotopic (exact) mass is 237 g/mol. The number of benzene rings is 1. The first-order valence-electron chi connectivity index (χ1n) is 4.64. The number of phenolic OH excluding ortho intramolecular Hbond substituents is 2. The number of nitrogens with one attached hydrogen (secondary N) is 1. The number of aliphatic carboxylic acids is 1. The molecule has 1 aromatic rings. The van der Waals surface area contributed by atoms with Crippen LogP contribution in [0.25, 0.3) is 5.70 Å². The molecule has 6 nitrogen and oxygen atoms in total. The van der Waals surface area contributed by atoms with E-state index >= 15 is 0 Å².